The average Bonchev–Trinajstić information content (AvgIpc) is 3.02. The van der Waals surface area contributed by atoms with E-state index < -0.39 is 0 Å². The van der Waals surface area contributed by atoms with Crippen LogP contribution in [0, 0.1) is 0 Å². The zero-order valence-corrected chi connectivity index (χ0v) is 16.2. The summed E-state index contributed by atoms with van der Waals surface area (Å²) in [6.45, 7) is 0. The zero-order chi connectivity index (χ0) is 20.5. The van der Waals surface area contributed by atoms with Crippen molar-refractivity contribution < 1.29 is 9.47 Å². The first-order valence-electron chi connectivity index (χ1n) is 8.82. The highest BCUT2D eigenvalue weighted by Gasteiger charge is 2.19. The van der Waals surface area contributed by atoms with Gasteiger partial charge in [-0.2, -0.15) is 10.1 Å². The normalized spacial score (nSPS) is 10.9. The van der Waals surface area contributed by atoms with E-state index in [1.54, 1.807) is 45.5 Å². The van der Waals surface area contributed by atoms with Gasteiger partial charge in [-0.3, -0.25) is 4.79 Å². The van der Waals surface area contributed by atoms with Crippen LogP contribution in [0.1, 0.15) is 0 Å². The van der Waals surface area contributed by atoms with Crippen molar-refractivity contribution in [1.82, 2.24) is 19.3 Å². The smallest absolute Gasteiger partial charge is 0.272 e. The number of rotatable bonds is 5. The molecular formula is C20H20N6O3. The SMILES string of the molecule is COc1ccc(Nc2nc3c(c(N)nn3C)c(=O)n2-c2ccc(OC)cc2)cc1. The minimum absolute atomic E-state index is 0.137. The second-order valence-corrected chi connectivity index (χ2v) is 6.33. The van der Waals surface area contributed by atoms with Crippen molar-refractivity contribution in [3.63, 3.8) is 0 Å². The summed E-state index contributed by atoms with van der Waals surface area (Å²) in [4.78, 5) is 18.0. The van der Waals surface area contributed by atoms with Gasteiger partial charge in [0.15, 0.2) is 11.5 Å². The van der Waals surface area contributed by atoms with Gasteiger partial charge < -0.3 is 20.5 Å². The molecule has 29 heavy (non-hydrogen) atoms. The molecule has 0 saturated heterocycles. The number of fused-ring (bicyclic) bond motifs is 1. The first-order valence-corrected chi connectivity index (χ1v) is 8.82. The highest BCUT2D eigenvalue weighted by molar-refractivity contribution is 5.87. The number of nitrogens with two attached hydrogens (primary N) is 1. The van der Waals surface area contributed by atoms with Crippen LogP contribution in [0.2, 0.25) is 0 Å². The van der Waals surface area contributed by atoms with Crippen LogP contribution in [0.5, 0.6) is 11.5 Å². The van der Waals surface area contributed by atoms with E-state index in [4.69, 9.17) is 15.2 Å². The van der Waals surface area contributed by atoms with Crippen LogP contribution in [0.4, 0.5) is 17.5 Å². The highest BCUT2D eigenvalue weighted by atomic mass is 16.5. The van der Waals surface area contributed by atoms with E-state index in [2.05, 4.69) is 15.4 Å². The van der Waals surface area contributed by atoms with Crippen LogP contribution in [-0.2, 0) is 7.05 Å². The number of anilines is 3. The molecule has 0 aliphatic carbocycles. The van der Waals surface area contributed by atoms with Crippen LogP contribution < -0.4 is 26.1 Å². The summed E-state index contributed by atoms with van der Waals surface area (Å²) in [6.07, 6.45) is 0. The van der Waals surface area contributed by atoms with Gasteiger partial charge in [-0.1, -0.05) is 0 Å². The second kappa shape index (κ2) is 7.19. The molecule has 0 bridgehead atoms. The average molecular weight is 392 g/mol. The van der Waals surface area contributed by atoms with Gasteiger partial charge in [0.25, 0.3) is 5.56 Å². The largest absolute Gasteiger partial charge is 0.497 e. The standard InChI is InChI=1S/C20H20N6O3/c1-25-18-16(17(21)24-25)19(27)26(13-6-10-15(29-3)11-7-13)20(23-18)22-12-4-8-14(28-2)9-5-12/h4-11H,1-3H3,(H2,21,24)(H,22,23). The molecule has 0 amide bonds. The fourth-order valence-electron chi connectivity index (χ4n) is 3.09. The molecule has 4 rings (SSSR count). The predicted molar refractivity (Wildman–Crippen MR) is 111 cm³/mol. The quantitative estimate of drug-likeness (QED) is 0.537. The Hall–Kier alpha value is -4.01. The molecule has 2 aromatic carbocycles. The van der Waals surface area contributed by atoms with Gasteiger partial charge >= 0.3 is 0 Å². The molecule has 0 radical (unpaired) electrons. The third-order valence-corrected chi connectivity index (χ3v) is 4.56. The molecule has 0 saturated carbocycles. The number of aromatic nitrogens is 4. The number of methoxy groups -OCH3 is 2. The summed E-state index contributed by atoms with van der Waals surface area (Å²) < 4.78 is 13.4. The molecule has 0 fully saturated rings. The fourth-order valence-corrected chi connectivity index (χ4v) is 3.09. The molecule has 2 aromatic heterocycles. The lowest BCUT2D eigenvalue weighted by Gasteiger charge is -2.15. The lowest BCUT2D eigenvalue weighted by molar-refractivity contribution is 0.414. The van der Waals surface area contributed by atoms with Gasteiger partial charge in [-0.05, 0) is 48.5 Å². The number of benzene rings is 2. The Balaban J connectivity index is 1.92. The van der Waals surface area contributed by atoms with Crippen LogP contribution in [-0.4, -0.2) is 33.6 Å². The van der Waals surface area contributed by atoms with Crippen LogP contribution >= 0.6 is 0 Å². The van der Waals surface area contributed by atoms with E-state index >= 15 is 0 Å². The van der Waals surface area contributed by atoms with E-state index in [9.17, 15) is 4.79 Å². The van der Waals surface area contributed by atoms with Crippen molar-refractivity contribution >= 4 is 28.5 Å². The number of hydrogen-bond acceptors (Lipinski definition) is 7. The molecule has 0 aliphatic rings. The van der Waals surface area contributed by atoms with Crippen molar-refractivity contribution in [3.05, 3.63) is 58.9 Å². The maximum atomic E-state index is 13.3. The Labute approximate surface area is 166 Å². The van der Waals surface area contributed by atoms with Gasteiger partial charge in [0, 0.05) is 12.7 Å². The van der Waals surface area contributed by atoms with E-state index in [0.29, 0.717) is 23.0 Å². The lowest BCUT2D eigenvalue weighted by Crippen LogP contribution is -2.23. The van der Waals surface area contributed by atoms with Crippen molar-refractivity contribution in [3.8, 4) is 17.2 Å². The molecule has 9 nitrogen and oxygen atoms in total. The minimum Gasteiger partial charge on any atom is -0.497 e. The van der Waals surface area contributed by atoms with E-state index in [-0.39, 0.29) is 16.8 Å². The molecule has 4 aromatic rings. The molecule has 0 spiro atoms. The van der Waals surface area contributed by atoms with E-state index in [0.717, 1.165) is 11.4 Å². The lowest BCUT2D eigenvalue weighted by atomic mass is 10.2. The highest BCUT2D eigenvalue weighted by Crippen LogP contribution is 2.24. The Morgan fingerprint density at radius 1 is 0.966 bits per heavy atom. The van der Waals surface area contributed by atoms with Crippen LogP contribution in [0.3, 0.4) is 0 Å². The Bertz CT molecular complexity index is 1230. The summed E-state index contributed by atoms with van der Waals surface area (Å²) in [7, 11) is 4.88. The number of ether oxygens (including phenoxy) is 2. The third kappa shape index (κ3) is 3.22. The molecular weight excluding hydrogens is 372 g/mol. The number of hydrogen-bond donors (Lipinski definition) is 2. The first kappa shape index (κ1) is 18.4. The zero-order valence-electron chi connectivity index (χ0n) is 16.2. The van der Waals surface area contributed by atoms with Crippen molar-refractivity contribution in [2.75, 3.05) is 25.3 Å². The maximum Gasteiger partial charge on any atom is 0.272 e. The van der Waals surface area contributed by atoms with Gasteiger partial charge in [0.05, 0.1) is 19.9 Å². The molecule has 0 unspecified atom stereocenters. The number of aryl methyl sites for hydroxylation is 1. The predicted octanol–water partition coefficient (Wildman–Crippen LogP) is 2.46. The fraction of sp³-hybridized carbons (Fsp3) is 0.150. The molecule has 0 aliphatic heterocycles. The van der Waals surface area contributed by atoms with Crippen molar-refractivity contribution in [2.45, 2.75) is 0 Å². The minimum atomic E-state index is -0.318. The number of nitrogens with zero attached hydrogens (tertiary/aromatic N) is 4. The van der Waals surface area contributed by atoms with E-state index in [1.165, 1.54) is 9.25 Å². The molecule has 0 atom stereocenters. The first-order chi connectivity index (χ1) is 14.0. The topological polar surface area (TPSA) is 109 Å². The Morgan fingerprint density at radius 2 is 1.55 bits per heavy atom. The van der Waals surface area contributed by atoms with Gasteiger partial charge in [-0.15, -0.1) is 0 Å². The van der Waals surface area contributed by atoms with Crippen LogP contribution in [0.25, 0.3) is 16.7 Å². The van der Waals surface area contributed by atoms with Gasteiger partial charge in [0.2, 0.25) is 5.95 Å². The van der Waals surface area contributed by atoms with E-state index in [1.807, 2.05) is 24.3 Å². The molecule has 3 N–H and O–H groups in total. The Kier molecular flexibility index (Phi) is 4.55. The summed E-state index contributed by atoms with van der Waals surface area (Å²) in [5.74, 6) is 1.88. The summed E-state index contributed by atoms with van der Waals surface area (Å²) in [6, 6.07) is 14.4. The van der Waals surface area contributed by atoms with Gasteiger partial charge in [-0.25, -0.2) is 9.25 Å². The monoisotopic (exact) mass is 392 g/mol. The molecule has 9 heteroatoms. The summed E-state index contributed by atoms with van der Waals surface area (Å²) in [5.41, 5.74) is 7.40. The van der Waals surface area contributed by atoms with Gasteiger partial charge in [0.1, 0.15) is 16.9 Å². The van der Waals surface area contributed by atoms with Crippen LogP contribution in [0.15, 0.2) is 53.3 Å². The molecule has 2 heterocycles. The molecule has 148 valence electrons. The number of nitrogen functional groups attached to an aromatic ring is 1. The number of nitrogens with one attached hydrogen (secondary N) is 1. The summed E-state index contributed by atoms with van der Waals surface area (Å²) >= 11 is 0. The van der Waals surface area contributed by atoms with Crippen molar-refractivity contribution in [2.24, 2.45) is 7.05 Å². The Morgan fingerprint density at radius 3 is 2.14 bits per heavy atom. The second-order valence-electron chi connectivity index (χ2n) is 6.33. The third-order valence-electron chi connectivity index (χ3n) is 4.56. The van der Waals surface area contributed by atoms with Crippen molar-refractivity contribution in [1.29, 1.82) is 0 Å². The maximum absolute atomic E-state index is 13.3. The summed E-state index contributed by atoms with van der Waals surface area (Å²) in [5, 5.41) is 7.61.